The lowest BCUT2D eigenvalue weighted by Crippen LogP contribution is -2.43. The maximum atomic E-state index is 13.7. The fourth-order valence-corrected chi connectivity index (χ4v) is 4.46. The summed E-state index contributed by atoms with van der Waals surface area (Å²) in [6, 6.07) is 10.8. The highest BCUT2D eigenvalue weighted by molar-refractivity contribution is 5.81. The predicted octanol–water partition coefficient (Wildman–Crippen LogP) is 4.92. The molecule has 0 saturated heterocycles. The Morgan fingerprint density at radius 3 is 2.38 bits per heavy atom. The molecule has 1 N–H and O–H groups in total. The largest absolute Gasteiger partial charge is 0.444 e. The quantitative estimate of drug-likeness (QED) is 0.494. The lowest BCUT2D eigenvalue weighted by atomic mass is 9.97. The van der Waals surface area contributed by atoms with Gasteiger partial charge in [0.2, 0.25) is 11.8 Å². The number of rotatable bonds is 8. The molecular formula is C29H37F3N4O4. The van der Waals surface area contributed by atoms with Crippen molar-refractivity contribution in [2.24, 2.45) is 0 Å². The van der Waals surface area contributed by atoms with Crippen molar-refractivity contribution >= 4 is 23.6 Å². The molecule has 0 fully saturated rings. The lowest BCUT2D eigenvalue weighted by molar-refractivity contribution is -0.139. The van der Waals surface area contributed by atoms with Crippen LogP contribution in [0.4, 0.5) is 23.7 Å². The number of hydrogen-bond donors (Lipinski definition) is 1. The van der Waals surface area contributed by atoms with E-state index < -0.39 is 29.3 Å². The molecular weight excluding hydrogens is 525 g/mol. The third-order valence-corrected chi connectivity index (χ3v) is 6.59. The summed E-state index contributed by atoms with van der Waals surface area (Å²) in [6.45, 7) is 7.39. The van der Waals surface area contributed by atoms with Crippen LogP contribution in [0.1, 0.15) is 49.9 Å². The van der Waals surface area contributed by atoms with Crippen molar-refractivity contribution in [3.05, 3.63) is 64.7 Å². The van der Waals surface area contributed by atoms with Crippen molar-refractivity contribution in [1.29, 1.82) is 0 Å². The number of likely N-dealkylation sites (N-methyl/N-ethyl adjacent to an activating group) is 1. The van der Waals surface area contributed by atoms with Crippen LogP contribution in [-0.4, -0.2) is 71.4 Å². The highest BCUT2D eigenvalue weighted by Crippen LogP contribution is 2.32. The number of hydrogen-bond acceptors (Lipinski definition) is 5. The number of nitrogens with one attached hydrogen (secondary N) is 1. The number of amides is 3. The maximum Gasteiger partial charge on any atom is 0.416 e. The van der Waals surface area contributed by atoms with Gasteiger partial charge in [0, 0.05) is 52.4 Å². The van der Waals surface area contributed by atoms with E-state index in [0.717, 1.165) is 22.9 Å². The van der Waals surface area contributed by atoms with Crippen LogP contribution in [0, 0.1) is 0 Å². The molecule has 2 aromatic rings. The average molecular weight is 563 g/mol. The molecule has 218 valence electrons. The van der Waals surface area contributed by atoms with Crippen LogP contribution in [0.15, 0.2) is 42.5 Å². The van der Waals surface area contributed by atoms with Gasteiger partial charge in [-0.3, -0.25) is 9.59 Å². The molecule has 11 heteroatoms. The SMILES string of the molecule is CC(=O)N1CCc2c(cccc2NCC(=O)N(CCN(C)C(=O)OC(C)(C)C)Cc2ccccc2C(F)(F)F)C1. The van der Waals surface area contributed by atoms with Gasteiger partial charge in [0.1, 0.15) is 5.60 Å². The first-order chi connectivity index (χ1) is 18.7. The number of benzene rings is 2. The summed E-state index contributed by atoms with van der Waals surface area (Å²) in [5, 5.41) is 3.15. The molecule has 8 nitrogen and oxygen atoms in total. The minimum Gasteiger partial charge on any atom is -0.444 e. The van der Waals surface area contributed by atoms with Crippen molar-refractivity contribution < 1.29 is 32.3 Å². The summed E-state index contributed by atoms with van der Waals surface area (Å²) in [5.74, 6) is -0.432. The second kappa shape index (κ2) is 12.6. The fourth-order valence-electron chi connectivity index (χ4n) is 4.46. The molecule has 2 aromatic carbocycles. The number of ether oxygens (including phenoxy) is 1. The standard InChI is InChI=1S/C29H37F3N4O4/c1-20(37)35-14-13-23-21(18-35)10-8-12-25(23)33-17-26(38)36(16-15-34(5)27(39)40-28(2,3)4)19-22-9-6-7-11-24(22)29(30,31)32/h6-12,33H,13-19H2,1-5H3. The van der Waals surface area contributed by atoms with E-state index in [1.807, 2.05) is 18.2 Å². The van der Waals surface area contributed by atoms with Crippen molar-refractivity contribution in [3.63, 3.8) is 0 Å². The van der Waals surface area contributed by atoms with E-state index in [-0.39, 0.29) is 37.6 Å². The first-order valence-electron chi connectivity index (χ1n) is 13.1. The number of carbonyl (C=O) groups excluding carboxylic acids is 3. The first-order valence-corrected chi connectivity index (χ1v) is 13.1. The zero-order valence-corrected chi connectivity index (χ0v) is 23.6. The number of anilines is 1. The Bertz CT molecular complexity index is 1230. The van der Waals surface area contributed by atoms with E-state index in [2.05, 4.69) is 5.32 Å². The third kappa shape index (κ3) is 8.37. The van der Waals surface area contributed by atoms with Crippen LogP contribution >= 0.6 is 0 Å². The van der Waals surface area contributed by atoms with Gasteiger partial charge in [0.05, 0.1) is 12.1 Å². The summed E-state index contributed by atoms with van der Waals surface area (Å²) < 4.78 is 46.4. The molecule has 0 spiro atoms. The normalized spacial score (nSPS) is 13.3. The van der Waals surface area contributed by atoms with Crippen LogP contribution in [0.3, 0.4) is 0 Å². The van der Waals surface area contributed by atoms with Crippen molar-refractivity contribution in [1.82, 2.24) is 14.7 Å². The number of nitrogens with zero attached hydrogens (tertiary/aromatic N) is 3. The zero-order valence-electron chi connectivity index (χ0n) is 23.6. The second-order valence-corrected chi connectivity index (χ2v) is 10.9. The minimum atomic E-state index is -4.58. The highest BCUT2D eigenvalue weighted by Gasteiger charge is 2.34. The molecule has 40 heavy (non-hydrogen) atoms. The average Bonchev–Trinajstić information content (AvgIpc) is 2.87. The van der Waals surface area contributed by atoms with Gasteiger partial charge in [-0.1, -0.05) is 30.3 Å². The van der Waals surface area contributed by atoms with Gasteiger partial charge in [0.15, 0.2) is 0 Å². The van der Waals surface area contributed by atoms with Crippen LogP contribution in [0.5, 0.6) is 0 Å². The lowest BCUT2D eigenvalue weighted by Gasteiger charge is -2.30. The molecule has 0 saturated carbocycles. The number of alkyl halides is 3. The van der Waals surface area contributed by atoms with Gasteiger partial charge in [-0.2, -0.15) is 13.2 Å². The molecule has 1 aliphatic heterocycles. The topological polar surface area (TPSA) is 82.2 Å². The molecule has 3 amide bonds. The number of halogens is 3. The van der Waals surface area contributed by atoms with Crippen LogP contribution < -0.4 is 5.32 Å². The minimum absolute atomic E-state index is 0.00289. The van der Waals surface area contributed by atoms with Crippen molar-refractivity contribution in [2.75, 3.05) is 38.5 Å². The molecule has 0 aliphatic carbocycles. The molecule has 0 unspecified atom stereocenters. The molecule has 3 rings (SSSR count). The molecule has 0 bridgehead atoms. The summed E-state index contributed by atoms with van der Waals surface area (Å²) in [5.41, 5.74) is 1.17. The van der Waals surface area contributed by atoms with Gasteiger partial charge in [-0.15, -0.1) is 0 Å². The predicted molar refractivity (Wildman–Crippen MR) is 145 cm³/mol. The van der Waals surface area contributed by atoms with E-state index in [1.54, 1.807) is 25.7 Å². The summed E-state index contributed by atoms with van der Waals surface area (Å²) in [4.78, 5) is 42.0. The summed E-state index contributed by atoms with van der Waals surface area (Å²) in [7, 11) is 1.51. The van der Waals surface area contributed by atoms with Crippen LogP contribution in [0.2, 0.25) is 0 Å². The van der Waals surface area contributed by atoms with Gasteiger partial charge < -0.3 is 24.8 Å². The highest BCUT2D eigenvalue weighted by atomic mass is 19.4. The second-order valence-electron chi connectivity index (χ2n) is 10.9. The maximum absolute atomic E-state index is 13.7. The fraction of sp³-hybridized carbons (Fsp3) is 0.483. The smallest absolute Gasteiger partial charge is 0.416 e. The Morgan fingerprint density at radius 1 is 1.02 bits per heavy atom. The monoisotopic (exact) mass is 562 g/mol. The van der Waals surface area contributed by atoms with Crippen LogP contribution in [-0.2, 0) is 40.0 Å². The molecule has 0 radical (unpaired) electrons. The van der Waals surface area contributed by atoms with Crippen LogP contribution in [0.25, 0.3) is 0 Å². The number of fused-ring (bicyclic) bond motifs is 1. The van der Waals surface area contributed by atoms with Crippen molar-refractivity contribution in [2.45, 2.75) is 59.0 Å². The first kappa shape index (κ1) is 30.8. The summed E-state index contributed by atoms with van der Waals surface area (Å²) in [6.07, 6.45) is -4.55. The summed E-state index contributed by atoms with van der Waals surface area (Å²) >= 11 is 0. The van der Waals surface area contributed by atoms with Crippen molar-refractivity contribution in [3.8, 4) is 0 Å². The van der Waals surface area contributed by atoms with Gasteiger partial charge in [-0.05, 0) is 56.0 Å². The van der Waals surface area contributed by atoms with E-state index in [1.165, 1.54) is 42.0 Å². The molecule has 0 atom stereocenters. The number of carbonyl (C=O) groups is 3. The van der Waals surface area contributed by atoms with Gasteiger partial charge >= 0.3 is 12.3 Å². The Labute approximate surface area is 233 Å². The third-order valence-electron chi connectivity index (χ3n) is 6.59. The molecule has 1 aliphatic rings. The van der Waals surface area contributed by atoms with E-state index >= 15 is 0 Å². The molecule has 0 aromatic heterocycles. The Hall–Kier alpha value is -3.76. The molecule has 1 heterocycles. The Balaban J connectivity index is 1.77. The van der Waals surface area contributed by atoms with E-state index in [0.29, 0.717) is 19.5 Å². The van der Waals surface area contributed by atoms with Gasteiger partial charge in [0.25, 0.3) is 0 Å². The Kier molecular flexibility index (Phi) is 9.70. The zero-order chi connectivity index (χ0) is 29.7. The van der Waals surface area contributed by atoms with Gasteiger partial charge in [-0.25, -0.2) is 4.79 Å². The van der Waals surface area contributed by atoms with E-state index in [4.69, 9.17) is 4.74 Å². The van der Waals surface area contributed by atoms with E-state index in [9.17, 15) is 27.6 Å². The Morgan fingerprint density at radius 2 is 1.73 bits per heavy atom.